The van der Waals surface area contributed by atoms with E-state index in [-0.39, 0.29) is 30.8 Å². The molecule has 9 heteroatoms. The van der Waals surface area contributed by atoms with Crippen molar-refractivity contribution < 1.29 is 31.1 Å². The number of sulfone groups is 1. The van der Waals surface area contributed by atoms with E-state index >= 15 is 0 Å². The Morgan fingerprint density at radius 2 is 1.64 bits per heavy atom. The van der Waals surface area contributed by atoms with Crippen LogP contribution in [0.3, 0.4) is 0 Å². The molecule has 2 aromatic carbocycles. The largest absolute Gasteiger partial charge is 0.573 e. The number of halogens is 3. The summed E-state index contributed by atoms with van der Waals surface area (Å²) in [6.45, 7) is 0.268. The maximum absolute atomic E-state index is 12.7. The molecule has 1 fully saturated rings. The van der Waals surface area contributed by atoms with Crippen molar-refractivity contribution in [1.82, 2.24) is 4.90 Å². The topological polar surface area (TPSA) is 63.7 Å². The normalized spacial score (nSPS) is 19.7. The lowest BCUT2D eigenvalue weighted by atomic mass is 10.1. The second-order valence-corrected chi connectivity index (χ2v) is 8.72. The highest BCUT2D eigenvalue weighted by molar-refractivity contribution is 7.91. The monoisotopic (exact) mass is 413 g/mol. The Hall–Kier alpha value is -2.55. The van der Waals surface area contributed by atoms with Gasteiger partial charge in [-0.1, -0.05) is 30.3 Å². The number of amides is 1. The third kappa shape index (κ3) is 4.83. The lowest BCUT2D eigenvalue weighted by molar-refractivity contribution is -0.274. The number of benzene rings is 2. The lowest BCUT2D eigenvalue weighted by Crippen LogP contribution is -2.33. The van der Waals surface area contributed by atoms with Crippen molar-refractivity contribution in [3.63, 3.8) is 0 Å². The van der Waals surface area contributed by atoms with Crippen molar-refractivity contribution >= 4 is 15.7 Å². The minimum atomic E-state index is -4.81. The molecule has 0 aromatic heterocycles. The molecule has 150 valence electrons. The Bertz CT molecular complexity index is 928. The van der Waals surface area contributed by atoms with Gasteiger partial charge in [-0.3, -0.25) is 4.79 Å². The van der Waals surface area contributed by atoms with E-state index < -0.39 is 33.1 Å². The number of ether oxygens (including phenoxy) is 1. The molecule has 3 rings (SSSR count). The number of rotatable bonds is 3. The highest BCUT2D eigenvalue weighted by Gasteiger charge is 2.33. The van der Waals surface area contributed by atoms with Crippen molar-refractivity contribution in [2.75, 3.05) is 18.8 Å². The first-order valence-corrected chi connectivity index (χ1v) is 10.3. The molecule has 1 unspecified atom stereocenters. The summed E-state index contributed by atoms with van der Waals surface area (Å²) in [5.41, 5.74) is 0.857. The molecule has 1 amide bonds. The molecular formula is C19H18F3NO4S. The van der Waals surface area contributed by atoms with Crippen LogP contribution in [0.25, 0.3) is 0 Å². The molecule has 0 bridgehead atoms. The second kappa shape index (κ2) is 7.83. The van der Waals surface area contributed by atoms with Gasteiger partial charge in [-0.2, -0.15) is 0 Å². The van der Waals surface area contributed by atoms with Crippen LogP contribution in [-0.2, 0) is 9.84 Å². The fourth-order valence-corrected chi connectivity index (χ4v) is 4.97. The summed E-state index contributed by atoms with van der Waals surface area (Å²) in [5.74, 6) is -1.03. The lowest BCUT2D eigenvalue weighted by Gasteiger charge is -2.20. The molecule has 0 N–H and O–H groups in total. The molecule has 0 radical (unpaired) electrons. The van der Waals surface area contributed by atoms with Crippen molar-refractivity contribution in [2.24, 2.45) is 0 Å². The zero-order chi connectivity index (χ0) is 20.4. The van der Waals surface area contributed by atoms with E-state index in [2.05, 4.69) is 4.74 Å². The van der Waals surface area contributed by atoms with Gasteiger partial charge in [0.25, 0.3) is 5.91 Å². The van der Waals surface area contributed by atoms with Crippen molar-refractivity contribution in [3.8, 4) is 5.75 Å². The van der Waals surface area contributed by atoms with E-state index in [1.807, 2.05) is 0 Å². The molecule has 1 aliphatic heterocycles. The van der Waals surface area contributed by atoms with Crippen LogP contribution in [0.15, 0.2) is 54.6 Å². The van der Waals surface area contributed by atoms with Crippen LogP contribution in [0.1, 0.15) is 27.6 Å². The average molecular weight is 413 g/mol. The Balaban J connectivity index is 1.73. The van der Waals surface area contributed by atoms with E-state index in [0.29, 0.717) is 5.56 Å². The summed E-state index contributed by atoms with van der Waals surface area (Å²) in [6.07, 6.45) is -4.55. The van der Waals surface area contributed by atoms with Gasteiger partial charge in [-0.05, 0) is 36.2 Å². The van der Waals surface area contributed by atoms with Gasteiger partial charge in [-0.25, -0.2) is 8.42 Å². The molecule has 1 heterocycles. The van der Waals surface area contributed by atoms with E-state index in [1.54, 1.807) is 30.3 Å². The Kier molecular flexibility index (Phi) is 5.64. The number of hydrogen-bond acceptors (Lipinski definition) is 4. The summed E-state index contributed by atoms with van der Waals surface area (Å²) in [4.78, 5) is 14.1. The summed E-state index contributed by atoms with van der Waals surface area (Å²) in [7, 11) is -3.43. The van der Waals surface area contributed by atoms with Crippen LogP contribution in [-0.4, -0.2) is 44.4 Å². The van der Waals surface area contributed by atoms with Gasteiger partial charge in [-0.15, -0.1) is 13.2 Å². The van der Waals surface area contributed by atoms with Crippen molar-refractivity contribution in [3.05, 3.63) is 65.7 Å². The maximum Gasteiger partial charge on any atom is 0.573 e. The quantitative estimate of drug-likeness (QED) is 0.772. The summed E-state index contributed by atoms with van der Waals surface area (Å²) in [5, 5.41) is -0.686. The number of carbonyl (C=O) groups is 1. The van der Waals surface area contributed by atoms with Crippen LogP contribution in [0.2, 0.25) is 0 Å². The van der Waals surface area contributed by atoms with Gasteiger partial charge in [0, 0.05) is 18.7 Å². The molecule has 1 aliphatic rings. The molecule has 2 aromatic rings. The van der Waals surface area contributed by atoms with E-state index in [1.165, 1.54) is 17.0 Å². The summed E-state index contributed by atoms with van der Waals surface area (Å²) >= 11 is 0. The molecule has 0 saturated carbocycles. The Morgan fingerprint density at radius 1 is 1.00 bits per heavy atom. The number of alkyl halides is 3. The molecule has 0 aliphatic carbocycles. The number of hydrogen-bond donors (Lipinski definition) is 0. The molecule has 1 atom stereocenters. The minimum absolute atomic E-state index is 0.0330. The molecule has 1 saturated heterocycles. The van der Waals surface area contributed by atoms with Crippen LogP contribution in [0, 0.1) is 0 Å². The highest BCUT2D eigenvalue weighted by atomic mass is 32.2. The van der Waals surface area contributed by atoms with E-state index in [4.69, 9.17) is 0 Å². The van der Waals surface area contributed by atoms with Gasteiger partial charge < -0.3 is 9.64 Å². The fourth-order valence-electron chi connectivity index (χ4n) is 3.17. The molecule has 28 heavy (non-hydrogen) atoms. The fraction of sp³-hybridized carbons (Fsp3) is 0.316. The van der Waals surface area contributed by atoms with Gasteiger partial charge in [0.05, 0.1) is 11.0 Å². The summed E-state index contributed by atoms with van der Waals surface area (Å²) < 4.78 is 65.7. The third-order valence-electron chi connectivity index (χ3n) is 4.53. The van der Waals surface area contributed by atoms with Crippen molar-refractivity contribution in [2.45, 2.75) is 18.0 Å². The van der Waals surface area contributed by atoms with Gasteiger partial charge in [0.1, 0.15) is 5.75 Å². The zero-order valence-electron chi connectivity index (χ0n) is 14.7. The summed E-state index contributed by atoms with van der Waals surface area (Å²) in [6, 6.07) is 13.4. The first-order chi connectivity index (χ1) is 13.2. The first kappa shape index (κ1) is 20.2. The number of carbonyl (C=O) groups excluding carboxylic acids is 1. The number of nitrogens with zero attached hydrogens (tertiary/aromatic N) is 1. The maximum atomic E-state index is 12.7. The minimum Gasteiger partial charge on any atom is -0.406 e. The standard InChI is InChI=1S/C19H18F3NO4S/c20-19(21,22)27-16-8-6-15(7-9-16)18(24)23-11-10-17(28(25,26)13-12-23)14-4-2-1-3-5-14/h1-9,17H,10-13H2. The average Bonchev–Trinajstić information content (AvgIpc) is 2.79. The Labute approximate surface area is 160 Å². The zero-order valence-corrected chi connectivity index (χ0v) is 15.5. The SMILES string of the molecule is O=C(c1ccc(OC(F)(F)F)cc1)N1CCC(c2ccccc2)S(=O)(=O)CC1. The third-order valence-corrected chi connectivity index (χ3v) is 6.66. The Morgan fingerprint density at radius 3 is 2.25 bits per heavy atom. The van der Waals surface area contributed by atoms with E-state index in [0.717, 1.165) is 12.1 Å². The van der Waals surface area contributed by atoms with Crippen LogP contribution in [0.4, 0.5) is 13.2 Å². The predicted octanol–water partition coefficient (Wildman–Crippen LogP) is 3.59. The van der Waals surface area contributed by atoms with Gasteiger partial charge in [0.2, 0.25) is 0 Å². The van der Waals surface area contributed by atoms with Crippen LogP contribution in [0.5, 0.6) is 5.75 Å². The highest BCUT2D eigenvalue weighted by Crippen LogP contribution is 2.30. The second-order valence-electron chi connectivity index (χ2n) is 6.42. The first-order valence-electron chi connectivity index (χ1n) is 8.57. The molecular weight excluding hydrogens is 395 g/mol. The van der Waals surface area contributed by atoms with E-state index in [9.17, 15) is 26.4 Å². The smallest absolute Gasteiger partial charge is 0.406 e. The van der Waals surface area contributed by atoms with Gasteiger partial charge >= 0.3 is 6.36 Å². The van der Waals surface area contributed by atoms with Gasteiger partial charge in [0.15, 0.2) is 9.84 Å². The molecule has 0 spiro atoms. The van der Waals surface area contributed by atoms with Crippen molar-refractivity contribution in [1.29, 1.82) is 0 Å². The predicted molar refractivity (Wildman–Crippen MR) is 96.6 cm³/mol. The molecule has 5 nitrogen and oxygen atoms in total. The van der Waals surface area contributed by atoms with Crippen LogP contribution < -0.4 is 4.74 Å². The van der Waals surface area contributed by atoms with Crippen LogP contribution >= 0.6 is 0 Å².